The third-order valence-corrected chi connectivity index (χ3v) is 8.69. The van der Waals surface area contributed by atoms with Crippen molar-refractivity contribution >= 4 is 17.2 Å². The molecule has 4 saturated carbocycles. The fraction of sp³-hybridized carbons (Fsp3) is 0.607. The van der Waals surface area contributed by atoms with Crippen molar-refractivity contribution in [2.24, 2.45) is 5.92 Å². The van der Waals surface area contributed by atoms with Gasteiger partial charge in [-0.15, -0.1) is 0 Å². The molecule has 0 heterocycles. The average Bonchev–Trinajstić information content (AvgIpc) is 2.84. The maximum absolute atomic E-state index is 10.9. The first-order chi connectivity index (χ1) is 15.6. The molecule has 0 aliphatic heterocycles. The molecule has 1 N–H and O–H groups in total. The zero-order valence-electron chi connectivity index (χ0n) is 19.4. The van der Waals surface area contributed by atoms with Crippen molar-refractivity contribution in [3.8, 4) is 5.75 Å². The Balaban J connectivity index is 1.19. The van der Waals surface area contributed by atoms with Crippen LogP contribution in [0.5, 0.6) is 5.75 Å². The molecule has 0 unspecified atom stereocenters. The minimum Gasteiger partial charge on any atom is -0.490 e. The van der Waals surface area contributed by atoms with Crippen molar-refractivity contribution in [1.82, 2.24) is 5.32 Å². The summed E-state index contributed by atoms with van der Waals surface area (Å²) in [4.78, 5) is 10.9. The second-order valence-corrected chi connectivity index (χ2v) is 10.5. The van der Waals surface area contributed by atoms with Crippen molar-refractivity contribution < 1.29 is 14.3 Å². The van der Waals surface area contributed by atoms with Gasteiger partial charge in [0.1, 0.15) is 11.4 Å². The highest BCUT2D eigenvalue weighted by Crippen LogP contribution is 2.48. The Kier molecular flexibility index (Phi) is 6.16. The van der Waals surface area contributed by atoms with Gasteiger partial charge in [0.2, 0.25) is 0 Å². The predicted molar refractivity (Wildman–Crippen MR) is 128 cm³/mol. The summed E-state index contributed by atoms with van der Waals surface area (Å²) >= 11 is 0. The summed E-state index contributed by atoms with van der Waals surface area (Å²) in [5.41, 5.74) is 1.35. The number of rotatable bonds is 8. The van der Waals surface area contributed by atoms with Crippen molar-refractivity contribution in [1.29, 1.82) is 0 Å². The topological polar surface area (TPSA) is 47.6 Å². The second kappa shape index (κ2) is 9.05. The van der Waals surface area contributed by atoms with E-state index in [1.54, 1.807) is 0 Å². The van der Waals surface area contributed by atoms with Gasteiger partial charge in [0, 0.05) is 12.1 Å². The lowest BCUT2D eigenvalue weighted by atomic mass is 9.63. The number of carbonyl (C=O) groups excluding carboxylic acids is 1. The summed E-state index contributed by atoms with van der Waals surface area (Å²) in [5.74, 6) is 1.90. The predicted octanol–water partition coefficient (Wildman–Crippen LogP) is 6.30. The van der Waals surface area contributed by atoms with E-state index in [0.29, 0.717) is 12.6 Å². The van der Waals surface area contributed by atoms with Gasteiger partial charge < -0.3 is 14.8 Å². The van der Waals surface area contributed by atoms with Crippen LogP contribution < -0.4 is 10.1 Å². The minimum absolute atomic E-state index is 0.177. The zero-order chi connectivity index (χ0) is 22.0. The summed E-state index contributed by atoms with van der Waals surface area (Å²) in [6.07, 6.45) is 12.9. The highest BCUT2D eigenvalue weighted by Gasteiger charge is 2.49. The maximum atomic E-state index is 10.9. The van der Waals surface area contributed by atoms with Crippen LogP contribution in [0.15, 0.2) is 36.4 Å². The molecule has 32 heavy (non-hydrogen) atoms. The molecule has 4 aliphatic carbocycles. The number of ether oxygens (including phenoxy) is 2. The first-order valence-electron chi connectivity index (χ1n) is 12.7. The minimum atomic E-state index is -0.177. The number of benzene rings is 2. The molecule has 0 saturated heterocycles. The number of nitrogens with one attached hydrogen (secondary N) is 1. The Labute approximate surface area is 192 Å². The van der Waals surface area contributed by atoms with Crippen molar-refractivity contribution in [2.75, 3.05) is 0 Å². The second-order valence-electron chi connectivity index (χ2n) is 10.5. The molecule has 4 aliphatic rings. The standard InChI is InChI=1S/C28H37NO3/c1-2-21-4-8-25(9-5-21)32-26-10-7-23-17-22(3-6-24(23)18-26)19-29-27-11-14-28(15-12-27,16-13-27)31-20-30/h3,6-7,10,17-18,20-21,25,29H,2,4-5,8-9,11-16,19H2,1H3. The molecule has 4 fully saturated rings. The van der Waals surface area contributed by atoms with Gasteiger partial charge in [0.05, 0.1) is 6.10 Å². The van der Waals surface area contributed by atoms with Gasteiger partial charge in [-0.05, 0) is 105 Å². The zero-order valence-corrected chi connectivity index (χ0v) is 19.4. The third-order valence-electron chi connectivity index (χ3n) is 8.69. The van der Waals surface area contributed by atoms with Gasteiger partial charge in [0.15, 0.2) is 0 Å². The average molecular weight is 436 g/mol. The summed E-state index contributed by atoms with van der Waals surface area (Å²) in [5, 5.41) is 6.39. The van der Waals surface area contributed by atoms with Crippen LogP contribution in [0.3, 0.4) is 0 Å². The highest BCUT2D eigenvalue weighted by atomic mass is 16.5. The molecule has 2 aromatic carbocycles. The van der Waals surface area contributed by atoms with E-state index in [1.807, 2.05) is 0 Å². The highest BCUT2D eigenvalue weighted by molar-refractivity contribution is 5.84. The quantitative estimate of drug-likeness (QED) is 0.495. The van der Waals surface area contributed by atoms with Gasteiger partial charge >= 0.3 is 0 Å². The van der Waals surface area contributed by atoms with E-state index in [1.165, 1.54) is 48.4 Å². The van der Waals surface area contributed by atoms with Crippen molar-refractivity contribution in [3.05, 3.63) is 42.0 Å². The summed E-state index contributed by atoms with van der Waals surface area (Å²) < 4.78 is 11.8. The number of hydrogen-bond acceptors (Lipinski definition) is 4. The monoisotopic (exact) mass is 435 g/mol. The van der Waals surface area contributed by atoms with E-state index in [-0.39, 0.29) is 11.1 Å². The Morgan fingerprint density at radius 2 is 1.62 bits per heavy atom. The third kappa shape index (κ3) is 4.52. The Hall–Kier alpha value is -2.07. The number of carbonyl (C=O) groups is 1. The molecule has 172 valence electrons. The SMILES string of the molecule is CCC1CCC(Oc2ccc3cc(CNC45CCC(OC=O)(CC4)CC5)ccc3c2)CC1. The van der Waals surface area contributed by atoms with Crippen molar-refractivity contribution in [3.63, 3.8) is 0 Å². The van der Waals surface area contributed by atoms with Crippen LogP contribution in [0.2, 0.25) is 0 Å². The Morgan fingerprint density at radius 1 is 0.938 bits per heavy atom. The number of fused-ring (bicyclic) bond motifs is 4. The van der Waals surface area contributed by atoms with Crippen LogP contribution in [0.4, 0.5) is 0 Å². The van der Waals surface area contributed by atoms with Crippen LogP contribution in [0.25, 0.3) is 10.8 Å². The van der Waals surface area contributed by atoms with Gasteiger partial charge in [-0.1, -0.05) is 31.5 Å². The number of hydrogen-bond donors (Lipinski definition) is 1. The summed E-state index contributed by atoms with van der Waals surface area (Å²) in [6, 6.07) is 13.3. The Bertz CT molecular complexity index is 922. The largest absolute Gasteiger partial charge is 0.490 e. The van der Waals surface area contributed by atoms with E-state index in [9.17, 15) is 4.79 Å². The first kappa shape index (κ1) is 21.8. The molecular weight excluding hydrogens is 398 g/mol. The molecule has 6 rings (SSSR count). The van der Waals surface area contributed by atoms with Gasteiger partial charge in [-0.2, -0.15) is 0 Å². The van der Waals surface area contributed by atoms with Crippen LogP contribution >= 0.6 is 0 Å². The fourth-order valence-corrected chi connectivity index (χ4v) is 6.29. The first-order valence-corrected chi connectivity index (χ1v) is 12.7. The van der Waals surface area contributed by atoms with Gasteiger partial charge in [0.25, 0.3) is 6.47 Å². The van der Waals surface area contributed by atoms with Crippen LogP contribution in [-0.4, -0.2) is 23.7 Å². The maximum Gasteiger partial charge on any atom is 0.293 e. The van der Waals surface area contributed by atoms with E-state index in [2.05, 4.69) is 48.6 Å². The molecule has 0 spiro atoms. The van der Waals surface area contributed by atoms with Crippen LogP contribution in [0, 0.1) is 5.92 Å². The van der Waals surface area contributed by atoms with E-state index < -0.39 is 0 Å². The molecule has 0 amide bonds. The normalized spacial score (nSPS) is 32.0. The molecule has 4 heteroatoms. The van der Waals surface area contributed by atoms with Crippen molar-refractivity contribution in [2.45, 2.75) is 101 Å². The molecule has 2 aromatic rings. The lowest BCUT2D eigenvalue weighted by Crippen LogP contribution is -2.57. The molecule has 4 nitrogen and oxygen atoms in total. The lowest BCUT2D eigenvalue weighted by Gasteiger charge is -2.52. The van der Waals surface area contributed by atoms with Gasteiger partial charge in [-0.25, -0.2) is 0 Å². The molecule has 2 bridgehead atoms. The molecule has 0 aromatic heterocycles. The van der Waals surface area contributed by atoms with Gasteiger partial charge in [-0.3, -0.25) is 4.79 Å². The van der Waals surface area contributed by atoms with Crippen LogP contribution in [-0.2, 0) is 16.1 Å². The molecule has 0 radical (unpaired) electrons. The van der Waals surface area contributed by atoms with E-state index in [4.69, 9.17) is 9.47 Å². The smallest absolute Gasteiger partial charge is 0.293 e. The summed E-state index contributed by atoms with van der Waals surface area (Å²) in [6.45, 7) is 3.84. The van der Waals surface area contributed by atoms with E-state index >= 15 is 0 Å². The summed E-state index contributed by atoms with van der Waals surface area (Å²) in [7, 11) is 0. The van der Waals surface area contributed by atoms with E-state index in [0.717, 1.165) is 56.7 Å². The molecule has 0 atom stereocenters. The lowest BCUT2D eigenvalue weighted by molar-refractivity contribution is -0.157. The fourth-order valence-electron chi connectivity index (χ4n) is 6.29. The molecular formula is C28H37NO3. The van der Waals surface area contributed by atoms with Crippen LogP contribution in [0.1, 0.15) is 83.1 Å². The Morgan fingerprint density at radius 3 is 2.31 bits per heavy atom.